The van der Waals surface area contributed by atoms with Crippen molar-refractivity contribution in [1.29, 1.82) is 0 Å². The number of anilines is 3. The third-order valence-corrected chi connectivity index (χ3v) is 4.53. The topological polar surface area (TPSA) is 68.0 Å². The fourth-order valence-electron chi connectivity index (χ4n) is 2.01. The molecule has 7 heteroatoms. The second-order valence-corrected chi connectivity index (χ2v) is 6.59. The number of nitrogen functional groups attached to an aromatic ring is 1. The Kier molecular flexibility index (Phi) is 4.40. The SMILES string of the molecule is Nc1nc(Nc2cccc(Br)c2)sc1C(=O)c1ccccc1F. The predicted molar refractivity (Wildman–Crippen MR) is 93.8 cm³/mol. The lowest BCUT2D eigenvalue weighted by Crippen LogP contribution is -2.04. The molecule has 1 aromatic heterocycles. The number of nitrogens with one attached hydrogen (secondary N) is 1. The highest BCUT2D eigenvalue weighted by Crippen LogP contribution is 2.30. The van der Waals surface area contributed by atoms with Gasteiger partial charge in [-0.05, 0) is 30.3 Å². The van der Waals surface area contributed by atoms with Gasteiger partial charge in [-0.15, -0.1) is 0 Å². The number of nitrogens with two attached hydrogens (primary N) is 1. The molecule has 0 unspecified atom stereocenters. The van der Waals surface area contributed by atoms with Crippen LogP contribution in [0.5, 0.6) is 0 Å². The molecule has 4 nitrogen and oxygen atoms in total. The van der Waals surface area contributed by atoms with Crippen molar-refractivity contribution in [3.8, 4) is 0 Å². The molecule has 0 aliphatic heterocycles. The number of hydrogen-bond donors (Lipinski definition) is 2. The minimum absolute atomic E-state index is 0.0168. The van der Waals surface area contributed by atoms with Gasteiger partial charge in [-0.3, -0.25) is 4.79 Å². The lowest BCUT2D eigenvalue weighted by Gasteiger charge is -2.02. The van der Waals surface area contributed by atoms with E-state index in [4.69, 9.17) is 5.73 Å². The van der Waals surface area contributed by atoms with E-state index in [1.165, 1.54) is 18.2 Å². The quantitative estimate of drug-likeness (QED) is 0.637. The van der Waals surface area contributed by atoms with Crippen LogP contribution in [-0.2, 0) is 0 Å². The van der Waals surface area contributed by atoms with E-state index in [1.807, 2.05) is 24.3 Å². The highest BCUT2D eigenvalue weighted by molar-refractivity contribution is 9.10. The van der Waals surface area contributed by atoms with Crippen LogP contribution in [0.1, 0.15) is 15.2 Å². The van der Waals surface area contributed by atoms with Crippen LogP contribution in [0.3, 0.4) is 0 Å². The lowest BCUT2D eigenvalue weighted by atomic mass is 10.1. The van der Waals surface area contributed by atoms with Crippen molar-refractivity contribution in [3.63, 3.8) is 0 Å². The van der Waals surface area contributed by atoms with Gasteiger partial charge in [0, 0.05) is 10.2 Å². The molecule has 3 N–H and O–H groups in total. The van der Waals surface area contributed by atoms with Crippen molar-refractivity contribution in [2.24, 2.45) is 0 Å². The first-order valence-electron chi connectivity index (χ1n) is 6.62. The first-order valence-corrected chi connectivity index (χ1v) is 8.23. The van der Waals surface area contributed by atoms with Crippen molar-refractivity contribution in [2.75, 3.05) is 11.1 Å². The summed E-state index contributed by atoms with van der Waals surface area (Å²) in [4.78, 5) is 16.8. The Hall–Kier alpha value is -2.25. The summed E-state index contributed by atoms with van der Waals surface area (Å²) < 4.78 is 14.7. The largest absolute Gasteiger partial charge is 0.382 e. The minimum Gasteiger partial charge on any atom is -0.382 e. The highest BCUT2D eigenvalue weighted by Gasteiger charge is 2.20. The van der Waals surface area contributed by atoms with E-state index < -0.39 is 11.6 Å². The maximum Gasteiger partial charge on any atom is 0.209 e. The lowest BCUT2D eigenvalue weighted by molar-refractivity contribution is 0.103. The Bertz CT molecular complexity index is 881. The summed E-state index contributed by atoms with van der Waals surface area (Å²) in [7, 11) is 0. The number of rotatable bonds is 4. The second-order valence-electron chi connectivity index (χ2n) is 4.68. The fourth-order valence-corrected chi connectivity index (χ4v) is 3.26. The summed E-state index contributed by atoms with van der Waals surface area (Å²) in [6, 6.07) is 13.3. The molecule has 0 fully saturated rings. The van der Waals surface area contributed by atoms with Crippen molar-refractivity contribution in [2.45, 2.75) is 0 Å². The molecular formula is C16H11BrFN3OS. The summed E-state index contributed by atoms with van der Waals surface area (Å²) in [5.74, 6) is -0.965. The van der Waals surface area contributed by atoms with Crippen molar-refractivity contribution in [1.82, 2.24) is 4.98 Å². The molecule has 116 valence electrons. The van der Waals surface area contributed by atoms with E-state index in [0.29, 0.717) is 5.13 Å². The van der Waals surface area contributed by atoms with Gasteiger partial charge < -0.3 is 11.1 Å². The van der Waals surface area contributed by atoms with Gasteiger partial charge in [-0.2, -0.15) is 0 Å². The van der Waals surface area contributed by atoms with Gasteiger partial charge in [0.25, 0.3) is 0 Å². The van der Waals surface area contributed by atoms with Crippen LogP contribution in [0.2, 0.25) is 0 Å². The average Bonchev–Trinajstić information content (AvgIpc) is 2.87. The maximum atomic E-state index is 13.8. The van der Waals surface area contributed by atoms with Gasteiger partial charge >= 0.3 is 0 Å². The van der Waals surface area contributed by atoms with Gasteiger partial charge in [0.05, 0.1) is 5.56 Å². The number of thiazole rings is 1. The molecule has 2 aromatic carbocycles. The Morgan fingerprint density at radius 1 is 1.22 bits per heavy atom. The highest BCUT2D eigenvalue weighted by atomic mass is 79.9. The molecule has 3 rings (SSSR count). The van der Waals surface area contributed by atoms with Crippen LogP contribution in [-0.4, -0.2) is 10.8 Å². The number of benzene rings is 2. The summed E-state index contributed by atoms with van der Waals surface area (Å²) >= 11 is 4.47. The van der Waals surface area contributed by atoms with Gasteiger partial charge in [0.1, 0.15) is 16.5 Å². The van der Waals surface area contributed by atoms with Crippen molar-refractivity contribution in [3.05, 3.63) is 69.3 Å². The fraction of sp³-hybridized carbons (Fsp3) is 0. The first-order chi connectivity index (χ1) is 11.0. The Labute approximate surface area is 144 Å². The zero-order chi connectivity index (χ0) is 16.4. The monoisotopic (exact) mass is 391 g/mol. The molecule has 0 spiro atoms. The number of hydrogen-bond acceptors (Lipinski definition) is 5. The normalized spacial score (nSPS) is 10.5. The molecule has 3 aromatic rings. The predicted octanol–water partition coefficient (Wildman–Crippen LogP) is 4.60. The Balaban J connectivity index is 1.89. The smallest absolute Gasteiger partial charge is 0.209 e. The van der Waals surface area contributed by atoms with Crippen molar-refractivity contribution >= 4 is 49.7 Å². The summed E-state index contributed by atoms with van der Waals surface area (Å²) in [6.07, 6.45) is 0. The molecule has 0 bridgehead atoms. The zero-order valence-electron chi connectivity index (χ0n) is 11.7. The molecule has 0 saturated carbocycles. The van der Waals surface area contributed by atoms with E-state index in [1.54, 1.807) is 6.07 Å². The minimum atomic E-state index is -0.577. The molecule has 0 radical (unpaired) electrons. The maximum absolute atomic E-state index is 13.8. The van der Waals surface area contributed by atoms with Crippen molar-refractivity contribution < 1.29 is 9.18 Å². The molecule has 0 aliphatic carbocycles. The number of carbonyl (C=O) groups excluding carboxylic acids is 1. The van der Waals surface area contributed by atoms with Gasteiger partial charge in [-0.25, -0.2) is 9.37 Å². The first kappa shape index (κ1) is 15.6. The van der Waals surface area contributed by atoms with Gasteiger partial charge in [-0.1, -0.05) is 45.5 Å². The van der Waals surface area contributed by atoms with E-state index >= 15 is 0 Å². The van der Waals surface area contributed by atoms with E-state index in [-0.39, 0.29) is 16.3 Å². The molecule has 0 atom stereocenters. The van der Waals surface area contributed by atoms with Crippen LogP contribution in [0, 0.1) is 5.82 Å². The molecule has 1 heterocycles. The Morgan fingerprint density at radius 2 is 2.00 bits per heavy atom. The van der Waals surface area contributed by atoms with E-state index in [2.05, 4.69) is 26.2 Å². The van der Waals surface area contributed by atoms with Gasteiger partial charge in [0.2, 0.25) is 5.78 Å². The third-order valence-electron chi connectivity index (χ3n) is 3.05. The van der Waals surface area contributed by atoms with Crippen LogP contribution >= 0.6 is 27.3 Å². The number of aromatic nitrogens is 1. The zero-order valence-corrected chi connectivity index (χ0v) is 14.1. The van der Waals surface area contributed by atoms with Crippen LogP contribution in [0.15, 0.2) is 53.0 Å². The van der Waals surface area contributed by atoms with Gasteiger partial charge in [0.15, 0.2) is 5.13 Å². The van der Waals surface area contributed by atoms with E-state index in [0.717, 1.165) is 21.5 Å². The summed E-state index contributed by atoms with van der Waals surface area (Å²) in [5, 5.41) is 3.55. The number of carbonyl (C=O) groups is 1. The summed E-state index contributed by atoms with van der Waals surface area (Å²) in [6.45, 7) is 0. The number of nitrogens with zero attached hydrogens (tertiary/aromatic N) is 1. The van der Waals surface area contributed by atoms with Crippen LogP contribution in [0.4, 0.5) is 21.0 Å². The Morgan fingerprint density at radius 3 is 2.74 bits per heavy atom. The standard InChI is InChI=1S/C16H11BrFN3OS/c17-9-4-3-5-10(8-9)20-16-21-15(19)14(23-16)13(22)11-6-1-2-7-12(11)18/h1-8H,19H2,(H,20,21). The molecule has 23 heavy (non-hydrogen) atoms. The van der Waals surface area contributed by atoms with Crippen LogP contribution < -0.4 is 11.1 Å². The molecule has 0 aliphatic rings. The number of halogens is 2. The number of ketones is 1. The van der Waals surface area contributed by atoms with E-state index in [9.17, 15) is 9.18 Å². The molecular weight excluding hydrogens is 381 g/mol. The van der Waals surface area contributed by atoms with Crippen LogP contribution in [0.25, 0.3) is 0 Å². The third kappa shape index (κ3) is 3.40. The summed E-state index contributed by atoms with van der Waals surface area (Å²) in [5.41, 5.74) is 6.61. The molecule has 0 saturated heterocycles. The average molecular weight is 392 g/mol. The second kappa shape index (κ2) is 6.47. The molecule has 0 amide bonds.